The standard InChI is InChI=1S/C14H27N5O/c1-3-20-10-4-5-13-16-14(18-17-13)19-8-6-12(7-9-19)11(2)15/h11-12H,3-10,15H2,1-2H3,(H,16,17,18). The van der Waals surface area contributed by atoms with Gasteiger partial charge in [-0.1, -0.05) is 0 Å². The Balaban J connectivity index is 1.78. The van der Waals surface area contributed by atoms with Crippen molar-refractivity contribution in [2.45, 2.75) is 45.6 Å². The van der Waals surface area contributed by atoms with Gasteiger partial charge >= 0.3 is 0 Å². The van der Waals surface area contributed by atoms with Gasteiger partial charge in [0.1, 0.15) is 5.82 Å². The number of ether oxygens (including phenoxy) is 1. The summed E-state index contributed by atoms with van der Waals surface area (Å²) in [5.41, 5.74) is 5.97. The highest BCUT2D eigenvalue weighted by molar-refractivity contribution is 5.29. The molecule has 1 fully saturated rings. The summed E-state index contributed by atoms with van der Waals surface area (Å²) in [4.78, 5) is 6.83. The third kappa shape index (κ3) is 4.18. The van der Waals surface area contributed by atoms with Crippen molar-refractivity contribution in [1.29, 1.82) is 0 Å². The molecule has 0 bridgehead atoms. The van der Waals surface area contributed by atoms with Crippen molar-refractivity contribution in [3.05, 3.63) is 5.82 Å². The molecule has 0 saturated carbocycles. The normalized spacial score (nSPS) is 18.4. The summed E-state index contributed by atoms with van der Waals surface area (Å²) >= 11 is 0. The van der Waals surface area contributed by atoms with E-state index in [1.54, 1.807) is 0 Å². The molecular weight excluding hydrogens is 254 g/mol. The lowest BCUT2D eigenvalue weighted by atomic mass is 9.91. The zero-order chi connectivity index (χ0) is 14.4. The number of hydrogen-bond donors (Lipinski definition) is 2. The van der Waals surface area contributed by atoms with Gasteiger partial charge in [0, 0.05) is 38.8 Å². The highest BCUT2D eigenvalue weighted by Gasteiger charge is 2.23. The third-order valence-corrected chi connectivity index (χ3v) is 3.99. The van der Waals surface area contributed by atoms with E-state index >= 15 is 0 Å². The van der Waals surface area contributed by atoms with E-state index in [0.717, 1.165) is 63.8 Å². The number of rotatable bonds is 7. The fraction of sp³-hybridized carbons (Fsp3) is 0.857. The summed E-state index contributed by atoms with van der Waals surface area (Å²) < 4.78 is 5.33. The van der Waals surface area contributed by atoms with E-state index in [1.165, 1.54) is 0 Å². The Labute approximate surface area is 121 Å². The molecule has 0 amide bonds. The highest BCUT2D eigenvalue weighted by atomic mass is 16.5. The first-order valence-electron chi connectivity index (χ1n) is 7.70. The SMILES string of the molecule is CCOCCCc1nc(N2CCC(C(C)N)CC2)n[nH]1. The molecular formula is C14H27N5O. The van der Waals surface area contributed by atoms with Gasteiger partial charge in [-0.05, 0) is 39.0 Å². The molecule has 2 heterocycles. The number of aromatic nitrogens is 3. The van der Waals surface area contributed by atoms with Crippen LogP contribution in [0.15, 0.2) is 0 Å². The van der Waals surface area contributed by atoms with Crippen LogP contribution in [-0.4, -0.2) is 47.5 Å². The number of hydrogen-bond acceptors (Lipinski definition) is 5. The van der Waals surface area contributed by atoms with Gasteiger partial charge in [0.2, 0.25) is 5.95 Å². The number of anilines is 1. The summed E-state index contributed by atoms with van der Waals surface area (Å²) in [6.07, 6.45) is 4.14. The number of piperidine rings is 1. The maximum absolute atomic E-state index is 5.97. The summed E-state index contributed by atoms with van der Waals surface area (Å²) in [5.74, 6) is 2.42. The van der Waals surface area contributed by atoms with Gasteiger partial charge in [-0.2, -0.15) is 4.98 Å². The highest BCUT2D eigenvalue weighted by Crippen LogP contribution is 2.22. The number of nitrogens with one attached hydrogen (secondary N) is 1. The molecule has 2 rings (SSSR count). The molecule has 0 aromatic carbocycles. The van der Waals surface area contributed by atoms with Crippen LogP contribution in [0.1, 0.15) is 38.9 Å². The fourth-order valence-electron chi connectivity index (χ4n) is 2.65. The molecule has 6 heteroatoms. The maximum atomic E-state index is 5.97. The van der Waals surface area contributed by atoms with Crippen LogP contribution in [0.5, 0.6) is 0 Å². The van der Waals surface area contributed by atoms with Crippen LogP contribution in [0.3, 0.4) is 0 Å². The second-order valence-electron chi connectivity index (χ2n) is 5.57. The van der Waals surface area contributed by atoms with Gasteiger partial charge in [0.25, 0.3) is 0 Å². The minimum atomic E-state index is 0.290. The molecule has 6 nitrogen and oxygen atoms in total. The molecule has 1 aromatic heterocycles. The Morgan fingerprint density at radius 2 is 2.20 bits per heavy atom. The quantitative estimate of drug-likeness (QED) is 0.737. The first kappa shape index (κ1) is 15.3. The molecule has 20 heavy (non-hydrogen) atoms. The van der Waals surface area contributed by atoms with Crippen molar-refractivity contribution in [3.8, 4) is 0 Å². The second-order valence-corrected chi connectivity index (χ2v) is 5.57. The van der Waals surface area contributed by atoms with Crippen LogP contribution in [0.4, 0.5) is 5.95 Å². The van der Waals surface area contributed by atoms with E-state index in [1.807, 2.05) is 6.92 Å². The first-order valence-corrected chi connectivity index (χ1v) is 7.70. The number of H-pyrrole nitrogens is 1. The summed E-state index contributed by atoms with van der Waals surface area (Å²) in [6, 6.07) is 0.290. The minimum absolute atomic E-state index is 0.290. The molecule has 1 atom stereocenters. The molecule has 1 aromatic rings. The van der Waals surface area contributed by atoms with E-state index in [-0.39, 0.29) is 0 Å². The van der Waals surface area contributed by atoms with E-state index in [0.29, 0.717) is 12.0 Å². The smallest absolute Gasteiger partial charge is 0.244 e. The maximum Gasteiger partial charge on any atom is 0.244 e. The van der Waals surface area contributed by atoms with Gasteiger partial charge in [-0.25, -0.2) is 0 Å². The number of aromatic amines is 1. The molecule has 3 N–H and O–H groups in total. The average molecular weight is 281 g/mol. The summed E-state index contributed by atoms with van der Waals surface area (Å²) in [7, 11) is 0. The van der Waals surface area contributed by atoms with E-state index < -0.39 is 0 Å². The Bertz CT molecular complexity index is 385. The van der Waals surface area contributed by atoms with Crippen LogP contribution in [0.25, 0.3) is 0 Å². The van der Waals surface area contributed by atoms with Crippen molar-refractivity contribution >= 4 is 5.95 Å². The molecule has 1 aliphatic heterocycles. The van der Waals surface area contributed by atoms with Crippen molar-refractivity contribution in [3.63, 3.8) is 0 Å². The Morgan fingerprint density at radius 3 is 2.85 bits per heavy atom. The van der Waals surface area contributed by atoms with Crippen LogP contribution in [0.2, 0.25) is 0 Å². The van der Waals surface area contributed by atoms with Crippen LogP contribution in [-0.2, 0) is 11.2 Å². The predicted octanol–water partition coefficient (Wildman–Crippen LogP) is 1.34. The van der Waals surface area contributed by atoms with Gasteiger partial charge in [-0.15, -0.1) is 5.10 Å². The van der Waals surface area contributed by atoms with E-state index in [4.69, 9.17) is 10.5 Å². The first-order chi connectivity index (χ1) is 9.70. The van der Waals surface area contributed by atoms with Crippen molar-refractivity contribution in [2.24, 2.45) is 11.7 Å². The molecule has 1 aliphatic rings. The fourth-order valence-corrected chi connectivity index (χ4v) is 2.65. The van der Waals surface area contributed by atoms with Gasteiger partial charge in [0.15, 0.2) is 0 Å². The van der Waals surface area contributed by atoms with Gasteiger partial charge in [0.05, 0.1) is 0 Å². The minimum Gasteiger partial charge on any atom is -0.382 e. The van der Waals surface area contributed by atoms with Crippen molar-refractivity contribution in [2.75, 3.05) is 31.2 Å². The van der Waals surface area contributed by atoms with E-state index in [2.05, 4.69) is 27.0 Å². The Hall–Kier alpha value is -1.14. The number of nitrogens with two attached hydrogens (primary N) is 1. The molecule has 0 radical (unpaired) electrons. The summed E-state index contributed by atoms with van der Waals surface area (Å²) in [6.45, 7) is 7.68. The van der Waals surface area contributed by atoms with Gasteiger partial charge in [-0.3, -0.25) is 5.10 Å². The Kier molecular flexibility index (Phi) is 5.79. The average Bonchev–Trinajstić information content (AvgIpc) is 2.92. The zero-order valence-electron chi connectivity index (χ0n) is 12.6. The lowest BCUT2D eigenvalue weighted by Crippen LogP contribution is -2.40. The topological polar surface area (TPSA) is 80.1 Å². The molecule has 1 saturated heterocycles. The largest absolute Gasteiger partial charge is 0.382 e. The second kappa shape index (κ2) is 7.59. The monoisotopic (exact) mass is 281 g/mol. The molecule has 114 valence electrons. The summed E-state index contributed by atoms with van der Waals surface area (Å²) in [5, 5.41) is 7.36. The van der Waals surface area contributed by atoms with Gasteiger partial charge < -0.3 is 15.4 Å². The van der Waals surface area contributed by atoms with Crippen LogP contribution < -0.4 is 10.6 Å². The van der Waals surface area contributed by atoms with Crippen molar-refractivity contribution < 1.29 is 4.74 Å². The lowest BCUT2D eigenvalue weighted by molar-refractivity contribution is 0.145. The van der Waals surface area contributed by atoms with E-state index in [9.17, 15) is 0 Å². The van der Waals surface area contributed by atoms with Crippen LogP contribution in [0, 0.1) is 5.92 Å². The molecule has 0 aliphatic carbocycles. The number of nitrogens with zero attached hydrogens (tertiary/aromatic N) is 3. The molecule has 0 spiro atoms. The number of aryl methyl sites for hydroxylation is 1. The Morgan fingerprint density at radius 1 is 1.45 bits per heavy atom. The van der Waals surface area contributed by atoms with Crippen LogP contribution >= 0.6 is 0 Å². The molecule has 1 unspecified atom stereocenters. The zero-order valence-corrected chi connectivity index (χ0v) is 12.6. The predicted molar refractivity (Wildman–Crippen MR) is 79.8 cm³/mol. The van der Waals surface area contributed by atoms with Crippen molar-refractivity contribution in [1.82, 2.24) is 15.2 Å². The third-order valence-electron chi connectivity index (χ3n) is 3.99. The lowest BCUT2D eigenvalue weighted by Gasteiger charge is -2.32.